The molecule has 7 heteroatoms. The zero-order valence-electron chi connectivity index (χ0n) is 9.46. The van der Waals surface area contributed by atoms with E-state index in [-0.39, 0.29) is 11.2 Å². The number of hydrogen-bond donors (Lipinski definition) is 1. The summed E-state index contributed by atoms with van der Waals surface area (Å²) in [6.45, 7) is 2.46. The molecule has 96 valence electrons. The molecule has 1 aromatic heterocycles. The Hall–Kier alpha value is 0.280. The first-order valence-corrected chi connectivity index (χ1v) is 8.99. The van der Waals surface area contributed by atoms with Crippen LogP contribution in [0.15, 0.2) is 13.6 Å². The van der Waals surface area contributed by atoms with E-state index in [1.54, 1.807) is 12.3 Å². The van der Waals surface area contributed by atoms with Gasteiger partial charge < -0.3 is 5.32 Å². The molecule has 0 radical (unpaired) electrons. The first-order chi connectivity index (χ1) is 7.91. The van der Waals surface area contributed by atoms with Crippen molar-refractivity contribution < 1.29 is 9.00 Å². The lowest BCUT2D eigenvalue weighted by Gasteiger charge is -2.08. The molecule has 0 fully saturated rings. The SMILES string of the molecule is CC(CCNC(=O)c1cc(Br)sc1Br)S(C)=O. The predicted octanol–water partition coefficient (Wildman–Crippen LogP) is 3.16. The van der Waals surface area contributed by atoms with E-state index in [9.17, 15) is 9.00 Å². The van der Waals surface area contributed by atoms with Gasteiger partial charge in [-0.15, -0.1) is 11.3 Å². The molecular weight excluding hydrogens is 390 g/mol. The first kappa shape index (κ1) is 15.3. The number of rotatable bonds is 5. The fourth-order valence-electron chi connectivity index (χ4n) is 1.15. The molecule has 0 bridgehead atoms. The summed E-state index contributed by atoms with van der Waals surface area (Å²) in [4.78, 5) is 11.8. The average molecular weight is 403 g/mol. The largest absolute Gasteiger partial charge is 0.352 e. The number of halogens is 2. The Balaban J connectivity index is 2.45. The minimum atomic E-state index is -0.836. The Kier molecular flexibility index (Phi) is 6.33. The van der Waals surface area contributed by atoms with E-state index in [4.69, 9.17) is 0 Å². The van der Waals surface area contributed by atoms with Gasteiger partial charge in [0, 0.05) is 28.9 Å². The standard InChI is InChI=1S/C10H13Br2NO2S2/c1-6(17(2)15)3-4-13-10(14)7-5-8(11)16-9(7)12/h5-6H,3-4H2,1-2H3,(H,13,14). The average Bonchev–Trinajstić information content (AvgIpc) is 2.57. The second kappa shape index (κ2) is 7.01. The normalized spacial score (nSPS) is 14.4. The number of thiophene rings is 1. The molecular formula is C10H13Br2NO2S2. The first-order valence-electron chi connectivity index (χ1n) is 4.97. The van der Waals surface area contributed by atoms with Crippen LogP contribution in [0.2, 0.25) is 0 Å². The van der Waals surface area contributed by atoms with Crippen LogP contribution in [0.25, 0.3) is 0 Å². The van der Waals surface area contributed by atoms with Gasteiger partial charge in [0.05, 0.1) is 13.1 Å². The number of carbonyl (C=O) groups is 1. The van der Waals surface area contributed by atoms with E-state index in [1.165, 1.54) is 11.3 Å². The molecule has 0 saturated carbocycles. The highest BCUT2D eigenvalue weighted by Crippen LogP contribution is 2.31. The number of amides is 1. The van der Waals surface area contributed by atoms with Gasteiger partial charge in [-0.25, -0.2) is 0 Å². The summed E-state index contributed by atoms with van der Waals surface area (Å²) in [6.07, 6.45) is 2.40. The minimum absolute atomic E-state index is 0.104. The van der Waals surface area contributed by atoms with Gasteiger partial charge in [0.25, 0.3) is 5.91 Å². The monoisotopic (exact) mass is 401 g/mol. The Morgan fingerprint density at radius 3 is 2.71 bits per heavy atom. The van der Waals surface area contributed by atoms with Gasteiger partial charge in [0.15, 0.2) is 0 Å². The molecule has 0 saturated heterocycles. The molecule has 0 spiro atoms. The van der Waals surface area contributed by atoms with Crippen molar-refractivity contribution in [3.63, 3.8) is 0 Å². The van der Waals surface area contributed by atoms with Crippen molar-refractivity contribution in [1.82, 2.24) is 5.32 Å². The van der Waals surface area contributed by atoms with Gasteiger partial charge in [-0.05, 0) is 44.3 Å². The van der Waals surface area contributed by atoms with Gasteiger partial charge in [0.1, 0.15) is 0 Å². The van der Waals surface area contributed by atoms with Gasteiger partial charge in [-0.2, -0.15) is 0 Å². The van der Waals surface area contributed by atoms with Crippen LogP contribution in [0.4, 0.5) is 0 Å². The minimum Gasteiger partial charge on any atom is -0.352 e. The van der Waals surface area contributed by atoms with Gasteiger partial charge in [-0.1, -0.05) is 6.92 Å². The highest BCUT2D eigenvalue weighted by molar-refractivity contribution is 9.12. The fraction of sp³-hybridized carbons (Fsp3) is 0.500. The molecule has 3 nitrogen and oxygen atoms in total. The maximum absolute atomic E-state index is 11.8. The summed E-state index contributed by atoms with van der Waals surface area (Å²) >= 11 is 8.14. The molecule has 0 aliphatic rings. The van der Waals surface area contributed by atoms with E-state index in [0.717, 1.165) is 14.0 Å². The molecule has 0 aromatic carbocycles. The van der Waals surface area contributed by atoms with Crippen molar-refractivity contribution in [1.29, 1.82) is 0 Å². The van der Waals surface area contributed by atoms with Crippen molar-refractivity contribution in [2.75, 3.05) is 12.8 Å². The molecule has 2 unspecified atom stereocenters. The quantitative estimate of drug-likeness (QED) is 0.822. The Bertz CT molecular complexity index is 434. The van der Waals surface area contributed by atoms with Crippen LogP contribution < -0.4 is 5.32 Å². The lowest BCUT2D eigenvalue weighted by molar-refractivity contribution is 0.0953. The van der Waals surface area contributed by atoms with Crippen LogP contribution >= 0.6 is 43.2 Å². The predicted molar refractivity (Wildman–Crippen MR) is 80.2 cm³/mol. The fourth-order valence-corrected chi connectivity index (χ4v) is 4.39. The highest BCUT2D eigenvalue weighted by atomic mass is 79.9. The molecule has 0 aliphatic carbocycles. The molecule has 0 aliphatic heterocycles. The molecule has 1 N–H and O–H groups in total. The van der Waals surface area contributed by atoms with Crippen molar-refractivity contribution in [3.8, 4) is 0 Å². The summed E-state index contributed by atoms with van der Waals surface area (Å²) < 4.78 is 12.9. The van der Waals surface area contributed by atoms with Crippen molar-refractivity contribution in [2.24, 2.45) is 0 Å². The molecule has 1 rings (SSSR count). The Labute approximate surface area is 124 Å². The summed E-state index contributed by atoms with van der Waals surface area (Å²) in [5, 5.41) is 2.93. The highest BCUT2D eigenvalue weighted by Gasteiger charge is 2.13. The smallest absolute Gasteiger partial charge is 0.253 e. The third kappa shape index (κ3) is 4.81. The molecule has 1 amide bonds. The topological polar surface area (TPSA) is 46.2 Å². The lowest BCUT2D eigenvalue weighted by atomic mass is 10.3. The third-order valence-electron chi connectivity index (χ3n) is 2.30. The van der Waals surface area contributed by atoms with E-state index in [2.05, 4.69) is 37.2 Å². The Morgan fingerprint density at radius 1 is 1.59 bits per heavy atom. The second-order valence-corrected chi connectivity index (χ2v) is 9.14. The van der Waals surface area contributed by atoms with Crippen LogP contribution in [-0.2, 0) is 10.8 Å². The summed E-state index contributed by atoms with van der Waals surface area (Å²) in [7, 11) is -0.836. The van der Waals surface area contributed by atoms with Gasteiger partial charge in [-0.3, -0.25) is 9.00 Å². The van der Waals surface area contributed by atoms with Crippen LogP contribution in [-0.4, -0.2) is 28.2 Å². The van der Waals surface area contributed by atoms with Crippen LogP contribution in [0.5, 0.6) is 0 Å². The number of nitrogens with one attached hydrogen (secondary N) is 1. The number of carbonyl (C=O) groups excluding carboxylic acids is 1. The zero-order chi connectivity index (χ0) is 13.0. The second-order valence-electron chi connectivity index (χ2n) is 3.59. The van der Waals surface area contributed by atoms with E-state index in [1.807, 2.05) is 6.92 Å². The van der Waals surface area contributed by atoms with Crippen LogP contribution in [0, 0.1) is 0 Å². The maximum atomic E-state index is 11.8. The summed E-state index contributed by atoms with van der Waals surface area (Å²) in [5.74, 6) is -0.104. The maximum Gasteiger partial charge on any atom is 0.253 e. The van der Waals surface area contributed by atoms with Crippen molar-refractivity contribution in [2.45, 2.75) is 18.6 Å². The molecule has 2 atom stereocenters. The van der Waals surface area contributed by atoms with Crippen molar-refractivity contribution in [3.05, 3.63) is 19.2 Å². The van der Waals surface area contributed by atoms with Crippen LogP contribution in [0.3, 0.4) is 0 Å². The van der Waals surface area contributed by atoms with Crippen LogP contribution in [0.1, 0.15) is 23.7 Å². The molecule has 17 heavy (non-hydrogen) atoms. The zero-order valence-corrected chi connectivity index (χ0v) is 14.3. The van der Waals surface area contributed by atoms with E-state index < -0.39 is 10.8 Å². The Morgan fingerprint density at radius 2 is 2.24 bits per heavy atom. The van der Waals surface area contributed by atoms with E-state index >= 15 is 0 Å². The van der Waals surface area contributed by atoms with Gasteiger partial charge >= 0.3 is 0 Å². The number of hydrogen-bond acceptors (Lipinski definition) is 3. The third-order valence-corrected chi connectivity index (χ3v) is 6.01. The molecule has 1 heterocycles. The summed E-state index contributed by atoms with van der Waals surface area (Å²) in [5.41, 5.74) is 0.632. The summed E-state index contributed by atoms with van der Waals surface area (Å²) in [6, 6.07) is 1.78. The van der Waals surface area contributed by atoms with E-state index in [0.29, 0.717) is 12.1 Å². The van der Waals surface area contributed by atoms with Crippen molar-refractivity contribution >= 4 is 59.9 Å². The molecule has 1 aromatic rings. The lowest BCUT2D eigenvalue weighted by Crippen LogP contribution is -2.27. The van der Waals surface area contributed by atoms with Gasteiger partial charge in [0.2, 0.25) is 0 Å².